The van der Waals surface area contributed by atoms with Crippen LogP contribution in [0.4, 0.5) is 4.39 Å². The lowest BCUT2D eigenvalue weighted by Gasteiger charge is -2.09. The van der Waals surface area contributed by atoms with Gasteiger partial charge in [-0.25, -0.2) is 4.39 Å². The van der Waals surface area contributed by atoms with Gasteiger partial charge in [-0.2, -0.15) is 0 Å². The van der Waals surface area contributed by atoms with E-state index in [1.165, 1.54) is 18.2 Å². The molecule has 0 fully saturated rings. The van der Waals surface area contributed by atoms with Crippen molar-refractivity contribution in [2.75, 3.05) is 5.75 Å². The van der Waals surface area contributed by atoms with Gasteiger partial charge in [-0.15, -0.1) is 0 Å². The van der Waals surface area contributed by atoms with Crippen molar-refractivity contribution in [2.45, 2.75) is 25.7 Å². The first kappa shape index (κ1) is 15.6. The van der Waals surface area contributed by atoms with Gasteiger partial charge in [0.05, 0.1) is 16.6 Å². The maximum Gasteiger partial charge on any atom is 0.175 e. The minimum Gasteiger partial charge on any atom is -0.293 e. The van der Waals surface area contributed by atoms with Gasteiger partial charge in [-0.3, -0.25) is 9.00 Å². The standard InChI is InChI=1S/C17H17FO2S/c1-11-7-13(3)16(8-12(11)2)17(19)10-21(20)15-6-4-5-14(18)9-15/h4-9H,10H2,1-3H3. The Bertz CT molecular complexity index is 723. The van der Waals surface area contributed by atoms with Crippen LogP contribution in [0.3, 0.4) is 0 Å². The first-order valence-corrected chi connectivity index (χ1v) is 7.95. The lowest BCUT2D eigenvalue weighted by atomic mass is 9.99. The normalized spacial score (nSPS) is 12.2. The summed E-state index contributed by atoms with van der Waals surface area (Å²) in [6.45, 7) is 5.79. The van der Waals surface area contributed by atoms with Crippen LogP contribution in [-0.4, -0.2) is 15.7 Å². The molecule has 0 N–H and O–H groups in total. The largest absolute Gasteiger partial charge is 0.293 e. The number of carbonyl (C=O) groups is 1. The van der Waals surface area contributed by atoms with E-state index in [2.05, 4.69) is 0 Å². The predicted molar refractivity (Wildman–Crippen MR) is 82.7 cm³/mol. The van der Waals surface area contributed by atoms with E-state index < -0.39 is 16.6 Å². The van der Waals surface area contributed by atoms with E-state index in [9.17, 15) is 13.4 Å². The Morgan fingerprint density at radius 2 is 1.71 bits per heavy atom. The Labute approximate surface area is 126 Å². The Morgan fingerprint density at radius 3 is 2.38 bits per heavy atom. The highest BCUT2D eigenvalue weighted by molar-refractivity contribution is 7.85. The SMILES string of the molecule is Cc1cc(C)c(C(=O)CS(=O)c2cccc(F)c2)cc1C. The summed E-state index contributed by atoms with van der Waals surface area (Å²) < 4.78 is 25.3. The van der Waals surface area contributed by atoms with Gasteiger partial charge < -0.3 is 0 Å². The molecule has 0 aliphatic carbocycles. The van der Waals surface area contributed by atoms with E-state index in [1.54, 1.807) is 6.07 Å². The van der Waals surface area contributed by atoms with Crippen molar-refractivity contribution in [3.05, 3.63) is 64.5 Å². The summed E-state index contributed by atoms with van der Waals surface area (Å²) in [5.74, 6) is -0.763. The smallest absolute Gasteiger partial charge is 0.175 e. The van der Waals surface area contributed by atoms with Crippen LogP contribution in [0.1, 0.15) is 27.0 Å². The quantitative estimate of drug-likeness (QED) is 0.806. The van der Waals surface area contributed by atoms with E-state index >= 15 is 0 Å². The highest BCUT2D eigenvalue weighted by atomic mass is 32.2. The van der Waals surface area contributed by atoms with Crippen LogP contribution in [0, 0.1) is 26.6 Å². The van der Waals surface area contributed by atoms with Crippen molar-refractivity contribution in [1.82, 2.24) is 0 Å². The monoisotopic (exact) mass is 304 g/mol. The van der Waals surface area contributed by atoms with Crippen molar-refractivity contribution in [3.8, 4) is 0 Å². The molecule has 4 heteroatoms. The van der Waals surface area contributed by atoms with Crippen LogP contribution in [-0.2, 0) is 10.8 Å². The molecule has 110 valence electrons. The molecule has 21 heavy (non-hydrogen) atoms. The third-order valence-corrected chi connectivity index (χ3v) is 4.77. The molecular weight excluding hydrogens is 287 g/mol. The number of aryl methyl sites for hydroxylation is 3. The number of hydrogen-bond acceptors (Lipinski definition) is 2. The first-order chi connectivity index (χ1) is 9.88. The molecular formula is C17H17FO2S. The lowest BCUT2D eigenvalue weighted by Crippen LogP contribution is -2.13. The number of benzene rings is 2. The van der Waals surface area contributed by atoms with E-state index in [0.29, 0.717) is 10.5 Å². The second-order valence-corrected chi connectivity index (χ2v) is 6.57. The van der Waals surface area contributed by atoms with Crippen molar-refractivity contribution in [3.63, 3.8) is 0 Å². The molecule has 2 nitrogen and oxygen atoms in total. The van der Waals surface area contributed by atoms with Crippen LogP contribution in [0.5, 0.6) is 0 Å². The Kier molecular flexibility index (Phi) is 4.68. The van der Waals surface area contributed by atoms with Gasteiger partial charge in [0.1, 0.15) is 5.82 Å². The van der Waals surface area contributed by atoms with Gasteiger partial charge in [-0.1, -0.05) is 12.1 Å². The van der Waals surface area contributed by atoms with Gasteiger partial charge >= 0.3 is 0 Å². The van der Waals surface area contributed by atoms with Crippen LogP contribution in [0.25, 0.3) is 0 Å². The van der Waals surface area contributed by atoms with Gasteiger partial charge in [-0.05, 0) is 61.7 Å². The Balaban J connectivity index is 2.22. The summed E-state index contributed by atoms with van der Waals surface area (Å²) in [5, 5.41) is 0. The van der Waals surface area contributed by atoms with Gasteiger partial charge in [0.2, 0.25) is 0 Å². The summed E-state index contributed by atoms with van der Waals surface area (Å²) in [6.07, 6.45) is 0. The van der Waals surface area contributed by atoms with E-state index in [1.807, 2.05) is 32.9 Å². The summed E-state index contributed by atoms with van der Waals surface area (Å²) in [4.78, 5) is 12.6. The van der Waals surface area contributed by atoms with E-state index in [0.717, 1.165) is 16.7 Å². The summed E-state index contributed by atoms with van der Waals surface area (Å²) in [5.41, 5.74) is 3.61. The number of halogens is 1. The maximum atomic E-state index is 13.1. The fourth-order valence-electron chi connectivity index (χ4n) is 2.15. The lowest BCUT2D eigenvalue weighted by molar-refractivity contribution is 0.102. The molecule has 0 aliphatic heterocycles. The molecule has 0 radical (unpaired) electrons. The van der Waals surface area contributed by atoms with Crippen LogP contribution in [0.15, 0.2) is 41.3 Å². The zero-order valence-electron chi connectivity index (χ0n) is 12.3. The molecule has 2 rings (SSSR count). The van der Waals surface area contributed by atoms with E-state index in [-0.39, 0.29) is 11.5 Å². The first-order valence-electron chi connectivity index (χ1n) is 6.63. The Morgan fingerprint density at radius 1 is 1.05 bits per heavy atom. The number of Topliss-reactive ketones (excluding diaryl/α,β-unsaturated/α-hetero) is 1. The van der Waals surface area contributed by atoms with Crippen LogP contribution < -0.4 is 0 Å². The third kappa shape index (κ3) is 3.64. The Hall–Kier alpha value is -1.81. The average Bonchev–Trinajstić information content (AvgIpc) is 2.42. The average molecular weight is 304 g/mol. The number of rotatable bonds is 4. The highest BCUT2D eigenvalue weighted by Crippen LogP contribution is 2.17. The van der Waals surface area contributed by atoms with Gasteiger partial charge in [0, 0.05) is 10.5 Å². The highest BCUT2D eigenvalue weighted by Gasteiger charge is 2.15. The van der Waals surface area contributed by atoms with Crippen molar-refractivity contribution >= 4 is 16.6 Å². The number of ketones is 1. The topological polar surface area (TPSA) is 34.1 Å². The van der Waals surface area contributed by atoms with Crippen molar-refractivity contribution in [1.29, 1.82) is 0 Å². The minimum absolute atomic E-state index is 0.132. The second kappa shape index (κ2) is 6.31. The molecule has 0 spiro atoms. The minimum atomic E-state index is -1.53. The number of carbonyl (C=O) groups excluding carboxylic acids is 1. The summed E-state index contributed by atoms with van der Waals surface area (Å²) >= 11 is 0. The molecule has 2 aromatic rings. The van der Waals surface area contributed by atoms with E-state index in [4.69, 9.17) is 0 Å². The molecule has 0 aromatic heterocycles. The van der Waals surface area contributed by atoms with Crippen molar-refractivity contribution < 1.29 is 13.4 Å². The summed E-state index contributed by atoms with van der Waals surface area (Å²) in [6, 6.07) is 9.34. The molecule has 1 unspecified atom stereocenters. The predicted octanol–water partition coefficient (Wildman–Crippen LogP) is 3.74. The maximum absolute atomic E-state index is 13.1. The third-order valence-electron chi connectivity index (χ3n) is 3.46. The van der Waals surface area contributed by atoms with Crippen molar-refractivity contribution in [2.24, 2.45) is 0 Å². The van der Waals surface area contributed by atoms with Gasteiger partial charge in [0.25, 0.3) is 0 Å². The van der Waals surface area contributed by atoms with Crippen LogP contribution >= 0.6 is 0 Å². The molecule has 0 amide bonds. The zero-order chi connectivity index (χ0) is 15.6. The molecule has 2 aromatic carbocycles. The zero-order valence-corrected chi connectivity index (χ0v) is 13.1. The second-order valence-electron chi connectivity index (χ2n) is 5.12. The summed E-state index contributed by atoms with van der Waals surface area (Å²) in [7, 11) is -1.53. The molecule has 0 saturated heterocycles. The fraction of sp³-hybridized carbons (Fsp3) is 0.235. The van der Waals surface area contributed by atoms with Crippen LogP contribution in [0.2, 0.25) is 0 Å². The molecule has 1 atom stereocenters. The fourth-order valence-corrected chi connectivity index (χ4v) is 3.18. The molecule has 0 saturated carbocycles. The van der Waals surface area contributed by atoms with Gasteiger partial charge in [0.15, 0.2) is 5.78 Å². The number of hydrogen-bond donors (Lipinski definition) is 0. The molecule has 0 bridgehead atoms. The molecule has 0 aliphatic rings. The molecule has 0 heterocycles.